The number of carbonyl (C=O) groups excluding carboxylic acids is 1. The molecule has 1 saturated heterocycles. The van der Waals surface area contributed by atoms with Crippen LogP contribution in [0.25, 0.3) is 10.8 Å². The number of likely N-dealkylation sites (N-methyl/N-ethyl adjacent to an activating group) is 1. The van der Waals surface area contributed by atoms with Crippen LogP contribution in [0.5, 0.6) is 5.88 Å². The van der Waals surface area contributed by atoms with Crippen molar-refractivity contribution < 1.29 is 9.90 Å². The molecule has 0 unspecified atom stereocenters. The van der Waals surface area contributed by atoms with Crippen LogP contribution in [-0.4, -0.2) is 72.7 Å². The van der Waals surface area contributed by atoms with Gasteiger partial charge >= 0.3 is 5.69 Å². The zero-order valence-corrected chi connectivity index (χ0v) is 24.1. The maximum absolute atomic E-state index is 14.0. The summed E-state index contributed by atoms with van der Waals surface area (Å²) in [5.41, 5.74) is 3.12. The van der Waals surface area contributed by atoms with E-state index in [4.69, 9.17) is 5.26 Å². The van der Waals surface area contributed by atoms with Gasteiger partial charge < -0.3 is 19.5 Å². The number of rotatable bonds is 8. The summed E-state index contributed by atoms with van der Waals surface area (Å²) in [6.07, 6.45) is 3.28. The monoisotopic (exact) mass is 575 g/mol. The molecule has 1 amide bonds. The van der Waals surface area contributed by atoms with Crippen LogP contribution < -0.4 is 5.69 Å². The number of piperazine rings is 1. The Morgan fingerprint density at radius 2 is 1.67 bits per heavy atom. The number of nitrogens with zero attached hydrogens (tertiary/aromatic N) is 7. The largest absolute Gasteiger partial charge is 0.493 e. The van der Waals surface area contributed by atoms with E-state index in [0.29, 0.717) is 30.9 Å². The van der Waals surface area contributed by atoms with Gasteiger partial charge in [0.15, 0.2) is 0 Å². The lowest BCUT2D eigenvalue weighted by Crippen LogP contribution is -2.47. The van der Waals surface area contributed by atoms with Gasteiger partial charge in [-0.15, -0.1) is 0 Å². The summed E-state index contributed by atoms with van der Waals surface area (Å²) < 4.78 is 4.76. The highest BCUT2D eigenvalue weighted by atomic mass is 16.3. The van der Waals surface area contributed by atoms with Crippen molar-refractivity contribution in [2.45, 2.75) is 26.1 Å². The second kappa shape index (κ2) is 12.0. The lowest BCUT2D eigenvalue weighted by molar-refractivity contribution is -0.132. The molecule has 0 spiro atoms. The van der Waals surface area contributed by atoms with Gasteiger partial charge in [0.1, 0.15) is 0 Å². The van der Waals surface area contributed by atoms with Crippen LogP contribution in [0, 0.1) is 11.3 Å². The highest BCUT2D eigenvalue weighted by Gasteiger charge is 2.26. The van der Waals surface area contributed by atoms with Crippen molar-refractivity contribution in [3.8, 4) is 11.9 Å². The van der Waals surface area contributed by atoms with Gasteiger partial charge in [-0.3, -0.25) is 13.9 Å². The zero-order valence-electron chi connectivity index (χ0n) is 24.1. The van der Waals surface area contributed by atoms with Gasteiger partial charge in [-0.25, -0.2) is 9.78 Å². The van der Waals surface area contributed by atoms with Crippen LogP contribution in [0.4, 0.5) is 0 Å². The van der Waals surface area contributed by atoms with Crippen molar-refractivity contribution in [3.05, 3.63) is 118 Å². The number of nitriles is 1. The van der Waals surface area contributed by atoms with E-state index in [2.05, 4.69) is 16.0 Å². The molecule has 0 aliphatic carbocycles. The van der Waals surface area contributed by atoms with Crippen LogP contribution in [0.2, 0.25) is 0 Å². The van der Waals surface area contributed by atoms with Crippen LogP contribution in [0.1, 0.15) is 28.1 Å². The smallest absolute Gasteiger partial charge is 0.331 e. The molecular weight excluding hydrogens is 542 g/mol. The lowest BCUT2D eigenvalue weighted by atomic mass is 10.0. The highest BCUT2D eigenvalue weighted by molar-refractivity contribution is 5.85. The number of carbonyl (C=O) groups is 1. The fourth-order valence-electron chi connectivity index (χ4n) is 5.69. The van der Waals surface area contributed by atoms with E-state index < -0.39 is 5.69 Å². The summed E-state index contributed by atoms with van der Waals surface area (Å²) in [4.78, 5) is 35.7. The van der Waals surface area contributed by atoms with Gasteiger partial charge in [-0.1, -0.05) is 54.6 Å². The number of amides is 1. The first kappa shape index (κ1) is 28.0. The molecule has 3 heterocycles. The van der Waals surface area contributed by atoms with Crippen molar-refractivity contribution in [1.82, 2.24) is 28.5 Å². The predicted octanol–water partition coefficient (Wildman–Crippen LogP) is 3.04. The quantitative estimate of drug-likeness (QED) is 0.305. The summed E-state index contributed by atoms with van der Waals surface area (Å²) in [6, 6.07) is 23.3. The normalized spacial score (nSPS) is 13.8. The molecule has 1 aliphatic heterocycles. The molecular formula is C33H33N7O3. The van der Waals surface area contributed by atoms with Crippen LogP contribution in [0.3, 0.4) is 0 Å². The number of aromatic hydroxyl groups is 1. The van der Waals surface area contributed by atoms with Crippen molar-refractivity contribution in [2.24, 2.45) is 0 Å². The molecule has 218 valence electrons. The van der Waals surface area contributed by atoms with E-state index in [0.717, 1.165) is 40.7 Å². The molecule has 5 aromatic rings. The molecule has 3 aromatic carbocycles. The Hall–Kier alpha value is -5.14. The maximum atomic E-state index is 14.0. The second-order valence-corrected chi connectivity index (χ2v) is 11.0. The van der Waals surface area contributed by atoms with E-state index in [-0.39, 0.29) is 31.3 Å². The topological polar surface area (TPSA) is 112 Å². The lowest BCUT2D eigenvalue weighted by Gasteiger charge is -2.32. The second-order valence-electron chi connectivity index (χ2n) is 11.0. The maximum Gasteiger partial charge on any atom is 0.331 e. The van der Waals surface area contributed by atoms with E-state index in [9.17, 15) is 14.7 Å². The summed E-state index contributed by atoms with van der Waals surface area (Å²) in [5, 5.41) is 22.7. The molecule has 1 fully saturated rings. The first-order chi connectivity index (χ1) is 20.9. The SMILES string of the molecule is CN1CCN(C(=O)Cc2c(O)n(Cc3cncn3Cc3ccc(C#N)cc3)c(=O)n2Cc2cccc3ccccc23)CC1. The molecule has 6 rings (SSSR count). The van der Waals surface area contributed by atoms with Crippen LogP contribution in [0.15, 0.2) is 84.0 Å². The first-order valence-electron chi connectivity index (χ1n) is 14.3. The molecule has 0 saturated carbocycles. The number of aromatic nitrogens is 4. The predicted molar refractivity (Wildman–Crippen MR) is 163 cm³/mol. The van der Waals surface area contributed by atoms with Crippen molar-refractivity contribution in [2.75, 3.05) is 33.2 Å². The molecule has 10 heteroatoms. The van der Waals surface area contributed by atoms with Crippen LogP contribution >= 0.6 is 0 Å². The minimum Gasteiger partial charge on any atom is -0.493 e. The molecule has 43 heavy (non-hydrogen) atoms. The third-order valence-corrected chi connectivity index (χ3v) is 8.24. The Morgan fingerprint density at radius 3 is 2.44 bits per heavy atom. The summed E-state index contributed by atoms with van der Waals surface area (Å²) >= 11 is 0. The third kappa shape index (κ3) is 5.80. The number of fused-ring (bicyclic) bond motifs is 1. The van der Waals surface area contributed by atoms with Gasteiger partial charge in [0.05, 0.1) is 48.9 Å². The van der Waals surface area contributed by atoms with Crippen molar-refractivity contribution in [1.29, 1.82) is 5.26 Å². The van der Waals surface area contributed by atoms with Crippen molar-refractivity contribution in [3.63, 3.8) is 0 Å². The number of imidazole rings is 2. The average molecular weight is 576 g/mol. The first-order valence-corrected chi connectivity index (χ1v) is 14.3. The Labute approximate surface area is 249 Å². The Balaban J connectivity index is 1.35. The number of hydrogen-bond donors (Lipinski definition) is 1. The molecule has 0 radical (unpaired) electrons. The summed E-state index contributed by atoms with van der Waals surface area (Å²) in [5.74, 6) is -0.322. The summed E-state index contributed by atoms with van der Waals surface area (Å²) in [7, 11) is 2.03. The van der Waals surface area contributed by atoms with E-state index in [1.54, 1.807) is 29.6 Å². The van der Waals surface area contributed by atoms with Gasteiger partial charge in [0.25, 0.3) is 0 Å². The molecule has 0 bridgehead atoms. The van der Waals surface area contributed by atoms with E-state index in [1.165, 1.54) is 9.13 Å². The van der Waals surface area contributed by atoms with E-state index >= 15 is 0 Å². The average Bonchev–Trinajstić information content (AvgIpc) is 3.55. The molecule has 10 nitrogen and oxygen atoms in total. The summed E-state index contributed by atoms with van der Waals surface area (Å²) in [6.45, 7) is 3.57. The van der Waals surface area contributed by atoms with Gasteiger partial charge in [-0.05, 0) is 41.1 Å². The zero-order chi connectivity index (χ0) is 29.9. The highest BCUT2D eigenvalue weighted by Crippen LogP contribution is 2.24. The standard InChI is InChI=1S/C33H33N7O3/c1-36-13-15-37(16-14-36)31(41)17-30-32(42)40(22-28-19-35-23-38(28)20-25-11-9-24(18-34)10-12-25)33(43)39(30)21-27-7-4-6-26-5-2-3-8-29(26)27/h2-12,19,23,42H,13-17,20-22H2,1H3. The fraction of sp³-hybridized carbons (Fsp3) is 0.273. The molecule has 1 aliphatic rings. The number of benzene rings is 3. The molecule has 2 aromatic heterocycles. The van der Waals surface area contributed by atoms with Crippen LogP contribution in [-0.2, 0) is 30.8 Å². The third-order valence-electron chi connectivity index (χ3n) is 8.24. The van der Waals surface area contributed by atoms with Gasteiger partial charge in [0, 0.05) is 38.9 Å². The Kier molecular flexibility index (Phi) is 7.81. The van der Waals surface area contributed by atoms with Gasteiger partial charge in [-0.2, -0.15) is 5.26 Å². The van der Waals surface area contributed by atoms with Crippen molar-refractivity contribution >= 4 is 16.7 Å². The molecule has 1 N–H and O–H groups in total. The minimum absolute atomic E-state index is 0.0763. The fourth-order valence-corrected chi connectivity index (χ4v) is 5.69. The Bertz CT molecular complexity index is 1860. The molecule has 0 atom stereocenters. The van der Waals surface area contributed by atoms with Gasteiger partial charge in [0.2, 0.25) is 11.8 Å². The number of hydrogen-bond acceptors (Lipinski definition) is 6. The Morgan fingerprint density at radius 1 is 0.930 bits per heavy atom. The van der Waals surface area contributed by atoms with E-state index in [1.807, 2.05) is 66.2 Å². The minimum atomic E-state index is -0.391.